The number of benzene rings is 2. The standard InChI is InChI=1S/C24H25N7O3S/c1-15-21(12-13-22(32)34-3)16(2)30(27-15)19-10-8-17(9-11-19)23(33)25-18-6-5-7-20(14-18)31-24(35-4)26-28-29-31/h5-11,14H,12-13H2,1-4H3,(H,25,33). The van der Waals surface area contributed by atoms with E-state index in [-0.39, 0.29) is 11.9 Å². The topological polar surface area (TPSA) is 117 Å². The number of aromatic nitrogens is 6. The van der Waals surface area contributed by atoms with Gasteiger partial charge in [0.05, 0.1) is 24.2 Å². The van der Waals surface area contributed by atoms with Crippen molar-refractivity contribution in [2.75, 3.05) is 18.7 Å². The van der Waals surface area contributed by atoms with Crippen LogP contribution in [0.3, 0.4) is 0 Å². The van der Waals surface area contributed by atoms with E-state index in [1.165, 1.54) is 18.9 Å². The Balaban J connectivity index is 1.49. The predicted octanol–water partition coefficient (Wildman–Crippen LogP) is 3.54. The average Bonchev–Trinajstić information content (AvgIpc) is 3.46. The van der Waals surface area contributed by atoms with Gasteiger partial charge in [0, 0.05) is 23.4 Å². The van der Waals surface area contributed by atoms with Crippen LogP contribution >= 0.6 is 11.8 Å². The van der Waals surface area contributed by atoms with Crippen LogP contribution in [0.25, 0.3) is 11.4 Å². The summed E-state index contributed by atoms with van der Waals surface area (Å²) in [6.07, 6.45) is 2.76. The molecule has 1 N–H and O–H groups in total. The van der Waals surface area contributed by atoms with Crippen LogP contribution in [-0.2, 0) is 16.0 Å². The van der Waals surface area contributed by atoms with Gasteiger partial charge in [0.15, 0.2) is 0 Å². The van der Waals surface area contributed by atoms with Crippen LogP contribution in [0.4, 0.5) is 5.69 Å². The smallest absolute Gasteiger partial charge is 0.305 e. The summed E-state index contributed by atoms with van der Waals surface area (Å²) in [6.45, 7) is 3.89. The summed E-state index contributed by atoms with van der Waals surface area (Å²) in [4.78, 5) is 24.4. The highest BCUT2D eigenvalue weighted by Crippen LogP contribution is 2.22. The summed E-state index contributed by atoms with van der Waals surface area (Å²) in [6, 6.07) is 14.5. The molecule has 0 aliphatic heterocycles. The maximum Gasteiger partial charge on any atom is 0.305 e. The van der Waals surface area contributed by atoms with Gasteiger partial charge in [0.2, 0.25) is 5.16 Å². The summed E-state index contributed by atoms with van der Waals surface area (Å²) in [5.41, 5.74) is 5.56. The Bertz CT molecular complexity index is 1360. The lowest BCUT2D eigenvalue weighted by atomic mass is 10.1. The van der Waals surface area contributed by atoms with Gasteiger partial charge in [-0.2, -0.15) is 9.78 Å². The Labute approximate surface area is 206 Å². The van der Waals surface area contributed by atoms with Crippen LogP contribution in [0.1, 0.15) is 33.7 Å². The van der Waals surface area contributed by atoms with E-state index >= 15 is 0 Å². The van der Waals surface area contributed by atoms with Gasteiger partial charge in [-0.15, -0.1) is 5.10 Å². The van der Waals surface area contributed by atoms with Gasteiger partial charge in [0.25, 0.3) is 5.91 Å². The fraction of sp³-hybridized carbons (Fsp3) is 0.250. The lowest BCUT2D eigenvalue weighted by Gasteiger charge is -2.09. The molecular formula is C24H25N7O3S. The number of hydrogen-bond donors (Lipinski definition) is 1. The highest BCUT2D eigenvalue weighted by atomic mass is 32.2. The maximum absolute atomic E-state index is 12.9. The molecule has 0 saturated heterocycles. The van der Waals surface area contributed by atoms with Crippen LogP contribution in [0.2, 0.25) is 0 Å². The number of rotatable bonds is 8. The number of carbonyl (C=O) groups excluding carboxylic acids is 2. The third-order valence-electron chi connectivity index (χ3n) is 5.59. The van der Waals surface area contributed by atoms with Crippen LogP contribution in [0.15, 0.2) is 53.7 Å². The van der Waals surface area contributed by atoms with Gasteiger partial charge in [-0.05, 0) is 85.0 Å². The van der Waals surface area contributed by atoms with Crippen molar-refractivity contribution >= 4 is 29.3 Å². The van der Waals surface area contributed by atoms with E-state index in [9.17, 15) is 9.59 Å². The molecule has 0 bridgehead atoms. The van der Waals surface area contributed by atoms with Crippen molar-refractivity contribution in [3.63, 3.8) is 0 Å². The number of hydrogen-bond acceptors (Lipinski definition) is 8. The van der Waals surface area contributed by atoms with Crippen LogP contribution in [0, 0.1) is 13.8 Å². The molecule has 1 amide bonds. The van der Waals surface area contributed by atoms with Crippen molar-refractivity contribution in [3.8, 4) is 11.4 Å². The number of thioether (sulfide) groups is 1. The van der Waals surface area contributed by atoms with E-state index in [0.717, 1.165) is 28.3 Å². The van der Waals surface area contributed by atoms with E-state index < -0.39 is 0 Å². The first kappa shape index (κ1) is 24.1. The van der Waals surface area contributed by atoms with E-state index in [1.54, 1.807) is 16.8 Å². The van der Waals surface area contributed by atoms with Crippen molar-refractivity contribution in [2.45, 2.75) is 31.8 Å². The summed E-state index contributed by atoms with van der Waals surface area (Å²) < 4.78 is 8.18. The van der Waals surface area contributed by atoms with Gasteiger partial charge in [-0.1, -0.05) is 17.8 Å². The highest BCUT2D eigenvalue weighted by Gasteiger charge is 2.15. The average molecular weight is 492 g/mol. The quantitative estimate of drug-likeness (QED) is 0.294. The number of esters is 1. The molecule has 2 aromatic carbocycles. The van der Waals surface area contributed by atoms with E-state index in [1.807, 2.05) is 61.2 Å². The molecular weight excluding hydrogens is 466 g/mol. The molecule has 11 heteroatoms. The molecule has 0 aliphatic carbocycles. The fourth-order valence-electron chi connectivity index (χ4n) is 3.76. The summed E-state index contributed by atoms with van der Waals surface area (Å²) in [5.74, 6) is -0.484. The molecule has 4 aromatic rings. The van der Waals surface area contributed by atoms with Crippen molar-refractivity contribution in [3.05, 3.63) is 71.0 Å². The Morgan fingerprint density at radius 3 is 2.54 bits per heavy atom. The Morgan fingerprint density at radius 2 is 1.83 bits per heavy atom. The number of carbonyl (C=O) groups is 2. The summed E-state index contributed by atoms with van der Waals surface area (Å²) >= 11 is 1.43. The predicted molar refractivity (Wildman–Crippen MR) is 132 cm³/mol. The lowest BCUT2D eigenvalue weighted by Crippen LogP contribution is -2.12. The Morgan fingerprint density at radius 1 is 1.06 bits per heavy atom. The third-order valence-corrected chi connectivity index (χ3v) is 6.21. The second-order valence-electron chi connectivity index (χ2n) is 7.77. The van der Waals surface area contributed by atoms with E-state index in [0.29, 0.717) is 29.2 Å². The number of ether oxygens (including phenoxy) is 1. The number of nitrogens with one attached hydrogen (secondary N) is 1. The summed E-state index contributed by atoms with van der Waals surface area (Å²) in [7, 11) is 1.38. The number of amides is 1. The van der Waals surface area contributed by atoms with Crippen LogP contribution < -0.4 is 5.32 Å². The van der Waals surface area contributed by atoms with Gasteiger partial charge in [-0.3, -0.25) is 9.59 Å². The molecule has 10 nitrogen and oxygen atoms in total. The van der Waals surface area contributed by atoms with Crippen molar-refractivity contribution in [1.82, 2.24) is 30.0 Å². The van der Waals surface area contributed by atoms with Gasteiger partial charge in [0.1, 0.15) is 0 Å². The number of anilines is 1. The van der Waals surface area contributed by atoms with Gasteiger partial charge in [-0.25, -0.2) is 4.68 Å². The highest BCUT2D eigenvalue weighted by molar-refractivity contribution is 7.98. The van der Waals surface area contributed by atoms with Crippen LogP contribution in [-0.4, -0.2) is 55.2 Å². The van der Waals surface area contributed by atoms with Gasteiger partial charge < -0.3 is 10.1 Å². The first-order chi connectivity index (χ1) is 16.9. The molecule has 2 heterocycles. The number of nitrogens with zero attached hydrogens (tertiary/aromatic N) is 6. The summed E-state index contributed by atoms with van der Waals surface area (Å²) in [5, 5.41) is 19.9. The SMILES string of the molecule is COC(=O)CCc1c(C)nn(-c2ccc(C(=O)Nc3cccc(-n4nnnc4SC)c3)cc2)c1C. The molecule has 35 heavy (non-hydrogen) atoms. The molecule has 4 rings (SSSR count). The molecule has 0 radical (unpaired) electrons. The Kier molecular flexibility index (Phi) is 7.25. The molecule has 0 spiro atoms. The zero-order chi connectivity index (χ0) is 24.9. The molecule has 0 unspecified atom stereocenters. The van der Waals surface area contributed by atoms with Crippen molar-refractivity contribution < 1.29 is 14.3 Å². The molecule has 2 aromatic heterocycles. The maximum atomic E-state index is 12.9. The minimum atomic E-state index is -0.250. The molecule has 0 saturated carbocycles. The molecule has 0 aliphatic rings. The van der Waals surface area contributed by atoms with Gasteiger partial charge >= 0.3 is 5.97 Å². The van der Waals surface area contributed by atoms with Crippen molar-refractivity contribution in [2.24, 2.45) is 0 Å². The largest absolute Gasteiger partial charge is 0.469 e. The molecule has 180 valence electrons. The van der Waals surface area contributed by atoms with Crippen molar-refractivity contribution in [1.29, 1.82) is 0 Å². The number of methoxy groups -OCH3 is 1. The van der Waals surface area contributed by atoms with Crippen LogP contribution in [0.5, 0.6) is 0 Å². The van der Waals surface area contributed by atoms with E-state index in [4.69, 9.17) is 4.74 Å². The third kappa shape index (κ3) is 5.24. The monoisotopic (exact) mass is 491 g/mol. The molecule has 0 fully saturated rings. The second-order valence-corrected chi connectivity index (χ2v) is 8.54. The fourth-order valence-corrected chi connectivity index (χ4v) is 4.19. The normalized spacial score (nSPS) is 10.9. The lowest BCUT2D eigenvalue weighted by molar-refractivity contribution is -0.140. The zero-order valence-electron chi connectivity index (χ0n) is 19.8. The first-order valence-corrected chi connectivity index (χ1v) is 12.1. The molecule has 0 atom stereocenters. The second kappa shape index (κ2) is 10.5. The minimum absolute atomic E-state index is 0.234. The Hall–Kier alpha value is -3.99. The zero-order valence-corrected chi connectivity index (χ0v) is 20.7. The minimum Gasteiger partial charge on any atom is -0.469 e. The number of aryl methyl sites for hydroxylation is 1. The first-order valence-electron chi connectivity index (χ1n) is 10.9. The number of tetrazole rings is 1. The van der Waals surface area contributed by atoms with E-state index in [2.05, 4.69) is 25.9 Å².